The molecule has 0 spiro atoms. The highest BCUT2D eigenvalue weighted by molar-refractivity contribution is 6.65. The van der Waals surface area contributed by atoms with Gasteiger partial charge in [0.25, 0.3) is 0 Å². The zero-order valence-corrected chi connectivity index (χ0v) is 16.4. The van der Waals surface area contributed by atoms with Crippen molar-refractivity contribution in [2.24, 2.45) is 5.92 Å². The summed E-state index contributed by atoms with van der Waals surface area (Å²) in [5.74, 6) is 0.723. The summed E-state index contributed by atoms with van der Waals surface area (Å²) < 4.78 is 19.5. The molecule has 0 saturated heterocycles. The highest BCUT2D eigenvalue weighted by atomic mass is 28.4. The third-order valence-electron chi connectivity index (χ3n) is 5.25. The Labute approximate surface area is 144 Å². The van der Waals surface area contributed by atoms with E-state index in [4.69, 9.17) is 13.3 Å². The largest absolute Gasteiger partial charge is 0.511 e. The van der Waals surface area contributed by atoms with E-state index < -0.39 is 8.80 Å². The van der Waals surface area contributed by atoms with Gasteiger partial charge in [0.05, 0.1) is 5.04 Å². The topological polar surface area (TPSA) is 27.7 Å². The third-order valence-corrected chi connectivity index (χ3v) is 8.85. The molecule has 1 fully saturated rings. The normalized spacial score (nSPS) is 26.3. The van der Waals surface area contributed by atoms with Crippen molar-refractivity contribution in [1.29, 1.82) is 0 Å². The molecule has 0 aromatic carbocycles. The van der Waals surface area contributed by atoms with E-state index in [1.165, 1.54) is 19.3 Å². The summed E-state index contributed by atoms with van der Waals surface area (Å²) in [6, 6.07) is 0. The fourth-order valence-corrected chi connectivity index (χ4v) is 7.35. The van der Waals surface area contributed by atoms with Crippen molar-refractivity contribution < 1.29 is 13.3 Å². The summed E-state index contributed by atoms with van der Waals surface area (Å²) in [6.07, 6.45) is 15.2. The minimum Gasteiger partial charge on any atom is -0.373 e. The Morgan fingerprint density at radius 1 is 0.913 bits per heavy atom. The fourth-order valence-electron chi connectivity index (χ4n) is 3.74. The average Bonchev–Trinajstić information content (AvgIpc) is 3.17. The molecule has 0 amide bonds. The van der Waals surface area contributed by atoms with Gasteiger partial charge in [0.2, 0.25) is 0 Å². The SMILES string of the molecule is CCCCO[Si](OCCCC)(OCCCC)C12C=CC(CC1)C2. The van der Waals surface area contributed by atoms with Gasteiger partial charge in [-0.25, -0.2) is 0 Å². The van der Waals surface area contributed by atoms with Crippen LogP contribution < -0.4 is 0 Å². The second-order valence-electron chi connectivity index (χ2n) is 7.18. The maximum Gasteiger partial charge on any atom is 0.511 e. The van der Waals surface area contributed by atoms with E-state index in [2.05, 4.69) is 32.9 Å². The monoisotopic (exact) mass is 340 g/mol. The molecule has 2 unspecified atom stereocenters. The van der Waals surface area contributed by atoms with Gasteiger partial charge >= 0.3 is 8.80 Å². The number of hydrogen-bond acceptors (Lipinski definition) is 3. The van der Waals surface area contributed by atoms with Gasteiger partial charge in [-0.15, -0.1) is 0 Å². The van der Waals surface area contributed by atoms with Crippen LogP contribution in [0.3, 0.4) is 0 Å². The van der Waals surface area contributed by atoms with Gasteiger partial charge in [0, 0.05) is 19.8 Å². The predicted molar refractivity (Wildman–Crippen MR) is 97.5 cm³/mol. The van der Waals surface area contributed by atoms with E-state index >= 15 is 0 Å². The molecular weight excluding hydrogens is 304 g/mol. The van der Waals surface area contributed by atoms with E-state index in [9.17, 15) is 0 Å². The van der Waals surface area contributed by atoms with Crippen LogP contribution in [0.2, 0.25) is 5.04 Å². The maximum absolute atomic E-state index is 6.51. The smallest absolute Gasteiger partial charge is 0.373 e. The van der Waals surface area contributed by atoms with Gasteiger partial charge < -0.3 is 13.3 Å². The van der Waals surface area contributed by atoms with Crippen LogP contribution in [-0.2, 0) is 13.3 Å². The lowest BCUT2D eigenvalue weighted by Crippen LogP contribution is -2.55. The third kappa shape index (κ3) is 4.47. The molecule has 23 heavy (non-hydrogen) atoms. The second kappa shape index (κ2) is 9.35. The zero-order valence-electron chi connectivity index (χ0n) is 15.4. The molecule has 2 bridgehead atoms. The first-order valence-corrected chi connectivity index (χ1v) is 11.6. The average molecular weight is 341 g/mol. The molecule has 0 N–H and O–H groups in total. The van der Waals surface area contributed by atoms with Crippen molar-refractivity contribution in [3.63, 3.8) is 0 Å². The number of unbranched alkanes of at least 4 members (excludes halogenated alkanes) is 3. The van der Waals surface area contributed by atoms with E-state index in [1.54, 1.807) is 0 Å². The second-order valence-corrected chi connectivity index (χ2v) is 10.2. The Morgan fingerprint density at radius 3 is 1.74 bits per heavy atom. The Hall–Kier alpha value is -0.163. The summed E-state index contributed by atoms with van der Waals surface area (Å²) in [4.78, 5) is 0. The number of fused-ring (bicyclic) bond motifs is 2. The van der Waals surface area contributed by atoms with Crippen molar-refractivity contribution >= 4 is 8.80 Å². The first-order valence-electron chi connectivity index (χ1n) is 9.83. The molecule has 0 radical (unpaired) electrons. The molecule has 2 aliphatic carbocycles. The minimum atomic E-state index is -2.67. The lowest BCUT2D eigenvalue weighted by molar-refractivity contribution is 0.0376. The molecule has 2 rings (SSSR count). The van der Waals surface area contributed by atoms with Crippen molar-refractivity contribution in [2.45, 2.75) is 83.6 Å². The molecule has 3 nitrogen and oxygen atoms in total. The van der Waals surface area contributed by atoms with Gasteiger partial charge in [-0.2, -0.15) is 0 Å². The molecule has 2 atom stereocenters. The standard InChI is InChI=1S/C19H36O3Si/c1-4-7-14-20-23(21-15-8-5-2,22-16-9-6-3)19-12-10-18(17-19)11-13-19/h10,12,18H,4-9,11,13-17H2,1-3H3. The molecule has 0 heterocycles. The first kappa shape index (κ1) is 19.2. The summed E-state index contributed by atoms with van der Waals surface area (Å²) in [6.45, 7) is 8.97. The summed E-state index contributed by atoms with van der Waals surface area (Å²) >= 11 is 0. The van der Waals surface area contributed by atoms with Gasteiger partial charge in [0.15, 0.2) is 0 Å². The van der Waals surface area contributed by atoms with Crippen molar-refractivity contribution in [3.05, 3.63) is 12.2 Å². The van der Waals surface area contributed by atoms with Crippen LogP contribution >= 0.6 is 0 Å². The number of hydrogen-bond donors (Lipinski definition) is 0. The van der Waals surface area contributed by atoms with E-state index in [1.807, 2.05) is 0 Å². The van der Waals surface area contributed by atoms with Crippen LogP contribution in [0.4, 0.5) is 0 Å². The molecule has 0 aliphatic heterocycles. The number of rotatable bonds is 13. The predicted octanol–water partition coefficient (Wildman–Crippen LogP) is 5.49. The molecule has 4 heteroatoms. The summed E-state index contributed by atoms with van der Waals surface area (Å²) in [5, 5.41) is 0.0624. The first-order chi connectivity index (χ1) is 11.2. The lowest BCUT2D eigenvalue weighted by atomic mass is 10.1. The van der Waals surface area contributed by atoms with E-state index in [-0.39, 0.29) is 5.04 Å². The van der Waals surface area contributed by atoms with Crippen LogP contribution in [0.15, 0.2) is 12.2 Å². The van der Waals surface area contributed by atoms with E-state index in [0.717, 1.165) is 64.3 Å². The van der Waals surface area contributed by atoms with Crippen LogP contribution in [0, 0.1) is 5.92 Å². The zero-order chi connectivity index (χ0) is 16.6. The number of allylic oxidation sites excluding steroid dienone is 2. The molecule has 0 aromatic rings. The Balaban J connectivity index is 2.14. The van der Waals surface area contributed by atoms with Crippen molar-refractivity contribution in [3.8, 4) is 0 Å². The molecule has 2 aliphatic rings. The maximum atomic E-state index is 6.51. The van der Waals surface area contributed by atoms with Crippen molar-refractivity contribution in [2.75, 3.05) is 19.8 Å². The summed E-state index contributed by atoms with van der Waals surface area (Å²) in [7, 11) is -2.67. The quantitative estimate of drug-likeness (QED) is 0.252. The van der Waals surface area contributed by atoms with Crippen LogP contribution in [0.1, 0.15) is 78.6 Å². The fraction of sp³-hybridized carbons (Fsp3) is 0.895. The molecular formula is C19H36O3Si. The van der Waals surface area contributed by atoms with Gasteiger partial charge in [-0.1, -0.05) is 52.2 Å². The molecule has 134 valence electrons. The summed E-state index contributed by atoms with van der Waals surface area (Å²) in [5.41, 5.74) is 0. The van der Waals surface area contributed by atoms with Gasteiger partial charge in [-0.05, 0) is 44.4 Å². The van der Waals surface area contributed by atoms with Gasteiger partial charge in [-0.3, -0.25) is 0 Å². The van der Waals surface area contributed by atoms with Crippen LogP contribution in [-0.4, -0.2) is 28.6 Å². The minimum absolute atomic E-state index is 0.0624. The van der Waals surface area contributed by atoms with Crippen LogP contribution in [0.25, 0.3) is 0 Å². The highest BCUT2D eigenvalue weighted by Crippen LogP contribution is 2.61. The highest BCUT2D eigenvalue weighted by Gasteiger charge is 2.64. The Bertz CT molecular complexity index is 345. The molecule has 0 aromatic heterocycles. The van der Waals surface area contributed by atoms with Crippen LogP contribution in [0.5, 0.6) is 0 Å². The van der Waals surface area contributed by atoms with Crippen molar-refractivity contribution in [1.82, 2.24) is 0 Å². The van der Waals surface area contributed by atoms with Gasteiger partial charge in [0.1, 0.15) is 0 Å². The molecule has 1 saturated carbocycles. The Morgan fingerprint density at radius 2 is 1.43 bits per heavy atom. The van der Waals surface area contributed by atoms with E-state index in [0.29, 0.717) is 0 Å². The lowest BCUT2D eigenvalue weighted by Gasteiger charge is -2.41. The Kier molecular flexibility index (Phi) is 7.79.